The summed E-state index contributed by atoms with van der Waals surface area (Å²) in [7, 11) is -2.92. The highest BCUT2D eigenvalue weighted by molar-refractivity contribution is 7.90. The first-order chi connectivity index (χ1) is 9.52. The van der Waals surface area contributed by atoms with Crippen LogP contribution in [-0.4, -0.2) is 37.3 Å². The van der Waals surface area contributed by atoms with E-state index in [9.17, 15) is 8.42 Å². The van der Waals surface area contributed by atoms with Crippen molar-refractivity contribution in [2.75, 3.05) is 24.2 Å². The first-order valence-electron chi connectivity index (χ1n) is 7.60. The fraction of sp³-hybridized carbons (Fsp3) is 0.600. The summed E-state index contributed by atoms with van der Waals surface area (Å²) >= 11 is 0. The summed E-state index contributed by atoms with van der Waals surface area (Å²) in [5.41, 5.74) is 2.44. The Bertz CT molecular complexity index is 557. The average molecular weight is 312 g/mol. The minimum Gasteiger partial charge on any atom is -0.371 e. The van der Waals surface area contributed by atoms with Crippen molar-refractivity contribution in [3.8, 4) is 0 Å². The molecule has 0 atom stereocenters. The molecule has 0 N–H and O–H groups in total. The fourth-order valence-corrected chi connectivity index (χ4v) is 4.92. The number of sulfone groups is 1. The number of hydrogen-bond acceptors (Lipinski definition) is 3. The van der Waals surface area contributed by atoms with Crippen LogP contribution < -0.4 is 4.90 Å². The molecular formula is C15H25NO2SSi. The van der Waals surface area contributed by atoms with Crippen molar-refractivity contribution in [2.45, 2.75) is 43.2 Å². The highest BCUT2D eigenvalue weighted by atomic mass is 32.2. The number of rotatable bonds is 7. The molecule has 3 nitrogen and oxygen atoms in total. The summed E-state index contributed by atoms with van der Waals surface area (Å²) in [5, 5.41) is 0. The Morgan fingerprint density at radius 2 is 2.10 bits per heavy atom. The van der Waals surface area contributed by atoms with Gasteiger partial charge in [0.15, 0.2) is 9.84 Å². The van der Waals surface area contributed by atoms with Crippen molar-refractivity contribution in [3.05, 3.63) is 23.8 Å². The predicted octanol–water partition coefficient (Wildman–Crippen LogP) is 2.26. The van der Waals surface area contributed by atoms with E-state index >= 15 is 0 Å². The van der Waals surface area contributed by atoms with Crippen LogP contribution in [-0.2, 0) is 16.3 Å². The van der Waals surface area contributed by atoms with Crippen LogP contribution in [0.25, 0.3) is 0 Å². The largest absolute Gasteiger partial charge is 0.371 e. The van der Waals surface area contributed by atoms with E-state index in [0.717, 1.165) is 19.5 Å². The maximum Gasteiger partial charge on any atom is 0.175 e. The molecule has 0 bridgehead atoms. The molecular weight excluding hydrogens is 286 g/mol. The molecule has 1 heterocycles. The molecule has 1 aromatic carbocycles. The monoisotopic (exact) mass is 311 g/mol. The molecule has 0 saturated heterocycles. The van der Waals surface area contributed by atoms with E-state index in [4.69, 9.17) is 0 Å². The van der Waals surface area contributed by atoms with Crippen LogP contribution in [0.4, 0.5) is 5.69 Å². The third-order valence-electron chi connectivity index (χ3n) is 4.00. The Kier molecular flexibility index (Phi) is 5.27. The van der Waals surface area contributed by atoms with Gasteiger partial charge in [0.1, 0.15) is 0 Å². The summed E-state index contributed by atoms with van der Waals surface area (Å²) < 4.78 is 23.2. The summed E-state index contributed by atoms with van der Waals surface area (Å²) in [6.45, 7) is 4.43. The van der Waals surface area contributed by atoms with Crippen LogP contribution in [0.3, 0.4) is 0 Å². The van der Waals surface area contributed by atoms with Gasteiger partial charge in [-0.2, -0.15) is 0 Å². The zero-order valence-corrected chi connectivity index (χ0v) is 14.8. The first-order valence-corrected chi connectivity index (χ1v) is 11.5. The number of benzene rings is 1. The molecule has 0 amide bonds. The second-order valence-electron chi connectivity index (χ2n) is 5.71. The van der Waals surface area contributed by atoms with Crippen molar-refractivity contribution in [2.24, 2.45) is 0 Å². The third-order valence-corrected chi connectivity index (χ3v) is 7.32. The predicted molar refractivity (Wildman–Crippen MR) is 88.5 cm³/mol. The second kappa shape index (κ2) is 6.76. The highest BCUT2D eigenvalue weighted by Crippen LogP contribution is 2.30. The van der Waals surface area contributed by atoms with Gasteiger partial charge in [0, 0.05) is 34.6 Å². The molecule has 0 unspecified atom stereocenters. The first kappa shape index (κ1) is 15.6. The quantitative estimate of drug-likeness (QED) is 0.572. The zero-order chi connectivity index (χ0) is 14.6. The van der Waals surface area contributed by atoms with Crippen molar-refractivity contribution >= 4 is 25.0 Å². The van der Waals surface area contributed by atoms with Gasteiger partial charge in [0.25, 0.3) is 0 Å². The van der Waals surface area contributed by atoms with Gasteiger partial charge in [-0.05, 0) is 36.6 Å². The lowest BCUT2D eigenvalue weighted by Crippen LogP contribution is -2.21. The average Bonchev–Trinajstić information content (AvgIpc) is 2.80. The molecule has 1 aromatic rings. The topological polar surface area (TPSA) is 37.4 Å². The Labute approximate surface area is 125 Å². The van der Waals surface area contributed by atoms with E-state index in [1.807, 2.05) is 12.1 Å². The van der Waals surface area contributed by atoms with Crippen molar-refractivity contribution < 1.29 is 8.42 Å². The zero-order valence-electron chi connectivity index (χ0n) is 12.6. The molecule has 0 fully saturated rings. The van der Waals surface area contributed by atoms with Gasteiger partial charge in [0.05, 0.1) is 4.90 Å². The van der Waals surface area contributed by atoms with E-state index in [2.05, 4.69) is 11.8 Å². The molecule has 20 heavy (non-hydrogen) atoms. The van der Waals surface area contributed by atoms with Crippen molar-refractivity contribution in [1.29, 1.82) is 0 Å². The van der Waals surface area contributed by atoms with Gasteiger partial charge in [-0.1, -0.05) is 25.4 Å². The van der Waals surface area contributed by atoms with E-state index in [0.29, 0.717) is 4.90 Å². The van der Waals surface area contributed by atoms with Crippen LogP contribution in [0.1, 0.15) is 25.3 Å². The van der Waals surface area contributed by atoms with E-state index < -0.39 is 9.84 Å². The van der Waals surface area contributed by atoms with Gasteiger partial charge in [-0.3, -0.25) is 0 Å². The molecule has 5 heteroatoms. The lowest BCUT2D eigenvalue weighted by molar-refractivity contribution is 0.602. The van der Waals surface area contributed by atoms with Crippen LogP contribution in [0.2, 0.25) is 12.1 Å². The Morgan fingerprint density at radius 3 is 2.80 bits per heavy atom. The Balaban J connectivity index is 1.96. The number of fused-ring (bicyclic) bond motifs is 1. The second-order valence-corrected chi connectivity index (χ2v) is 9.85. The van der Waals surface area contributed by atoms with E-state index in [1.165, 1.54) is 42.4 Å². The maximum absolute atomic E-state index is 11.6. The molecule has 0 aromatic heterocycles. The minimum absolute atomic E-state index is 0.167. The van der Waals surface area contributed by atoms with Gasteiger partial charge in [-0.15, -0.1) is 0 Å². The van der Waals surface area contributed by atoms with Crippen LogP contribution >= 0.6 is 0 Å². The Morgan fingerprint density at radius 1 is 1.30 bits per heavy atom. The summed E-state index contributed by atoms with van der Waals surface area (Å²) in [4.78, 5) is 2.87. The molecule has 1 aliphatic heterocycles. The molecule has 0 aliphatic carbocycles. The molecule has 0 saturated carbocycles. The highest BCUT2D eigenvalue weighted by Gasteiger charge is 2.20. The lowest BCUT2D eigenvalue weighted by atomic mass is 10.2. The van der Waals surface area contributed by atoms with Gasteiger partial charge < -0.3 is 4.90 Å². The lowest BCUT2D eigenvalue weighted by Gasteiger charge is -2.19. The fourth-order valence-electron chi connectivity index (χ4n) is 2.82. The number of anilines is 1. The SMILES string of the molecule is CCC[SiH2]CCCN1CCc2cc(S(C)(=O)=O)ccc21. The summed E-state index contributed by atoms with van der Waals surface area (Å²) in [5.74, 6) is 0. The van der Waals surface area contributed by atoms with Crippen LogP contribution in [0.15, 0.2) is 23.1 Å². The van der Waals surface area contributed by atoms with Crippen molar-refractivity contribution in [1.82, 2.24) is 0 Å². The molecule has 2 rings (SSSR count). The van der Waals surface area contributed by atoms with Gasteiger partial charge in [-0.25, -0.2) is 8.42 Å². The third kappa shape index (κ3) is 3.85. The molecule has 112 valence electrons. The normalized spacial score (nSPS) is 15.2. The maximum atomic E-state index is 11.6. The van der Waals surface area contributed by atoms with E-state index in [1.54, 1.807) is 6.07 Å². The molecule has 0 spiro atoms. The van der Waals surface area contributed by atoms with Crippen LogP contribution in [0.5, 0.6) is 0 Å². The summed E-state index contributed by atoms with van der Waals surface area (Å²) in [6.07, 6.45) is 4.89. The molecule has 0 radical (unpaired) electrons. The van der Waals surface area contributed by atoms with E-state index in [-0.39, 0.29) is 9.52 Å². The van der Waals surface area contributed by atoms with Crippen LogP contribution in [0, 0.1) is 0 Å². The smallest absolute Gasteiger partial charge is 0.175 e. The Hall–Kier alpha value is -0.813. The van der Waals surface area contributed by atoms with Gasteiger partial charge in [0.2, 0.25) is 0 Å². The minimum atomic E-state index is -3.08. The molecule has 1 aliphatic rings. The van der Waals surface area contributed by atoms with Crippen molar-refractivity contribution in [3.63, 3.8) is 0 Å². The standard InChI is InChI=1S/C15H25NO2SSi/c1-3-10-20-11-4-8-16-9-7-13-12-14(19(2,17)18)5-6-15(13)16/h5-6,12H,3-4,7-11,20H2,1-2H3. The number of nitrogens with zero attached hydrogens (tertiary/aromatic N) is 1. The van der Waals surface area contributed by atoms with Gasteiger partial charge >= 0.3 is 0 Å². The summed E-state index contributed by atoms with van der Waals surface area (Å²) in [6, 6.07) is 8.49. The number of hydrogen-bond donors (Lipinski definition) is 0.